The smallest absolute Gasteiger partial charge is 0.269 e. The lowest BCUT2D eigenvalue weighted by Gasteiger charge is -2.22. The number of nitro benzene ring substituents is 1. The SMILES string of the molecule is O=[N+]([O-])c1ccc(C(O)CNC2CCCCCCC2)cc1. The van der Waals surface area contributed by atoms with Crippen LogP contribution in [0.4, 0.5) is 5.69 Å². The Morgan fingerprint density at radius 3 is 2.29 bits per heavy atom. The molecule has 2 rings (SSSR count). The van der Waals surface area contributed by atoms with Gasteiger partial charge in [0.1, 0.15) is 0 Å². The summed E-state index contributed by atoms with van der Waals surface area (Å²) >= 11 is 0. The van der Waals surface area contributed by atoms with Gasteiger partial charge in [0.15, 0.2) is 0 Å². The van der Waals surface area contributed by atoms with E-state index in [1.807, 2.05) is 0 Å². The zero-order valence-corrected chi connectivity index (χ0v) is 12.3. The molecule has 0 radical (unpaired) electrons. The number of hydrogen-bond acceptors (Lipinski definition) is 4. The maximum Gasteiger partial charge on any atom is 0.269 e. The fourth-order valence-corrected chi connectivity index (χ4v) is 2.87. The highest BCUT2D eigenvalue weighted by molar-refractivity contribution is 5.33. The van der Waals surface area contributed by atoms with Gasteiger partial charge < -0.3 is 10.4 Å². The molecule has 1 aromatic carbocycles. The Bertz CT molecular complexity index is 439. The van der Waals surface area contributed by atoms with Gasteiger partial charge in [-0.25, -0.2) is 0 Å². The third-order valence-corrected chi connectivity index (χ3v) is 4.19. The molecule has 0 heterocycles. The van der Waals surface area contributed by atoms with Gasteiger partial charge in [-0.05, 0) is 30.5 Å². The molecule has 0 saturated heterocycles. The Morgan fingerprint density at radius 1 is 1.14 bits per heavy atom. The van der Waals surface area contributed by atoms with Crippen molar-refractivity contribution in [2.24, 2.45) is 0 Å². The number of hydrogen-bond donors (Lipinski definition) is 2. The predicted octanol–water partition coefficient (Wildman–Crippen LogP) is 3.33. The molecule has 1 unspecified atom stereocenters. The van der Waals surface area contributed by atoms with E-state index in [0.717, 1.165) is 5.56 Å². The highest BCUT2D eigenvalue weighted by Gasteiger charge is 2.14. The molecule has 0 aliphatic heterocycles. The molecule has 1 aliphatic rings. The van der Waals surface area contributed by atoms with Crippen LogP contribution >= 0.6 is 0 Å². The quantitative estimate of drug-likeness (QED) is 0.644. The first kappa shape index (κ1) is 15.9. The molecule has 116 valence electrons. The Morgan fingerprint density at radius 2 is 1.71 bits per heavy atom. The Hall–Kier alpha value is -1.46. The van der Waals surface area contributed by atoms with Gasteiger partial charge in [0.2, 0.25) is 0 Å². The monoisotopic (exact) mass is 292 g/mol. The van der Waals surface area contributed by atoms with Crippen LogP contribution in [0.1, 0.15) is 56.6 Å². The van der Waals surface area contributed by atoms with E-state index in [0.29, 0.717) is 12.6 Å². The standard InChI is InChI=1S/C16H24N2O3/c19-16(13-8-10-15(11-9-13)18(20)21)12-17-14-6-4-2-1-3-5-7-14/h8-11,14,16-17,19H,1-7,12H2. The third kappa shape index (κ3) is 5.10. The average Bonchev–Trinajstić information content (AvgIpc) is 2.46. The minimum atomic E-state index is -0.615. The summed E-state index contributed by atoms with van der Waals surface area (Å²) in [5.74, 6) is 0. The molecule has 1 aromatic rings. The van der Waals surface area contributed by atoms with E-state index < -0.39 is 11.0 Å². The molecule has 2 N–H and O–H groups in total. The number of non-ortho nitro benzene ring substituents is 1. The number of nitro groups is 1. The van der Waals surface area contributed by atoms with Crippen LogP contribution in [0.15, 0.2) is 24.3 Å². The van der Waals surface area contributed by atoms with Gasteiger partial charge in [0.05, 0.1) is 11.0 Å². The van der Waals surface area contributed by atoms with Gasteiger partial charge in [-0.15, -0.1) is 0 Å². The van der Waals surface area contributed by atoms with Crippen molar-refractivity contribution in [3.8, 4) is 0 Å². The van der Waals surface area contributed by atoms with Crippen LogP contribution in [0.2, 0.25) is 0 Å². The van der Waals surface area contributed by atoms with Crippen molar-refractivity contribution in [3.63, 3.8) is 0 Å². The lowest BCUT2D eigenvalue weighted by atomic mass is 9.96. The Labute approximate surface area is 125 Å². The second-order valence-electron chi connectivity index (χ2n) is 5.81. The highest BCUT2D eigenvalue weighted by Crippen LogP contribution is 2.20. The number of aliphatic hydroxyl groups is 1. The Balaban J connectivity index is 1.82. The summed E-state index contributed by atoms with van der Waals surface area (Å²) in [4.78, 5) is 10.2. The zero-order valence-electron chi connectivity index (χ0n) is 12.3. The van der Waals surface area contributed by atoms with Crippen LogP contribution < -0.4 is 5.32 Å². The van der Waals surface area contributed by atoms with E-state index in [2.05, 4.69) is 5.32 Å². The van der Waals surface area contributed by atoms with Gasteiger partial charge in [-0.3, -0.25) is 10.1 Å². The third-order valence-electron chi connectivity index (χ3n) is 4.19. The summed E-state index contributed by atoms with van der Waals surface area (Å²) in [6.45, 7) is 0.502. The van der Waals surface area contributed by atoms with E-state index in [1.165, 1.54) is 57.1 Å². The molecular formula is C16H24N2O3. The van der Waals surface area contributed by atoms with Crippen LogP contribution in [0, 0.1) is 10.1 Å². The van der Waals surface area contributed by atoms with Gasteiger partial charge in [0.25, 0.3) is 5.69 Å². The van der Waals surface area contributed by atoms with Crippen molar-refractivity contribution in [3.05, 3.63) is 39.9 Å². The fraction of sp³-hybridized carbons (Fsp3) is 0.625. The van der Waals surface area contributed by atoms with Crippen molar-refractivity contribution in [2.75, 3.05) is 6.54 Å². The van der Waals surface area contributed by atoms with E-state index in [1.54, 1.807) is 12.1 Å². The molecule has 1 atom stereocenters. The van der Waals surface area contributed by atoms with Gasteiger partial charge in [0, 0.05) is 24.7 Å². The second-order valence-corrected chi connectivity index (χ2v) is 5.81. The van der Waals surface area contributed by atoms with Crippen LogP contribution in [-0.2, 0) is 0 Å². The maximum absolute atomic E-state index is 10.6. The average molecular weight is 292 g/mol. The molecule has 1 fully saturated rings. The van der Waals surface area contributed by atoms with Crippen molar-refractivity contribution in [2.45, 2.75) is 57.1 Å². The van der Waals surface area contributed by atoms with E-state index in [9.17, 15) is 15.2 Å². The molecule has 0 spiro atoms. The second kappa shape index (κ2) is 8.10. The normalized spacial score (nSPS) is 18.7. The number of nitrogens with one attached hydrogen (secondary N) is 1. The molecule has 0 aromatic heterocycles. The first-order valence-electron chi connectivity index (χ1n) is 7.82. The molecule has 5 nitrogen and oxygen atoms in total. The molecule has 5 heteroatoms. The van der Waals surface area contributed by atoms with Gasteiger partial charge in [-0.1, -0.05) is 32.1 Å². The van der Waals surface area contributed by atoms with Crippen LogP contribution in [-0.4, -0.2) is 22.6 Å². The number of nitrogens with zero attached hydrogens (tertiary/aromatic N) is 1. The van der Waals surface area contributed by atoms with E-state index in [4.69, 9.17) is 0 Å². The van der Waals surface area contributed by atoms with Crippen molar-refractivity contribution >= 4 is 5.69 Å². The molecule has 21 heavy (non-hydrogen) atoms. The molecule has 1 saturated carbocycles. The maximum atomic E-state index is 10.6. The lowest BCUT2D eigenvalue weighted by molar-refractivity contribution is -0.384. The molecule has 1 aliphatic carbocycles. The summed E-state index contributed by atoms with van der Waals surface area (Å²) < 4.78 is 0. The van der Waals surface area contributed by atoms with Crippen molar-refractivity contribution in [1.82, 2.24) is 5.32 Å². The molecule has 0 amide bonds. The fourth-order valence-electron chi connectivity index (χ4n) is 2.87. The number of benzene rings is 1. The number of aliphatic hydroxyl groups excluding tert-OH is 1. The minimum absolute atomic E-state index is 0.0546. The largest absolute Gasteiger partial charge is 0.387 e. The van der Waals surface area contributed by atoms with Crippen LogP contribution in [0.5, 0.6) is 0 Å². The summed E-state index contributed by atoms with van der Waals surface area (Å²) in [5, 5.41) is 24.2. The summed E-state index contributed by atoms with van der Waals surface area (Å²) in [7, 11) is 0. The number of rotatable bonds is 5. The van der Waals surface area contributed by atoms with E-state index in [-0.39, 0.29) is 5.69 Å². The molecular weight excluding hydrogens is 268 g/mol. The first-order chi connectivity index (χ1) is 10.2. The summed E-state index contributed by atoms with van der Waals surface area (Å²) in [6.07, 6.45) is 8.21. The van der Waals surface area contributed by atoms with Crippen molar-refractivity contribution < 1.29 is 10.0 Å². The minimum Gasteiger partial charge on any atom is -0.387 e. The predicted molar refractivity (Wildman–Crippen MR) is 82.2 cm³/mol. The van der Waals surface area contributed by atoms with Crippen LogP contribution in [0.3, 0.4) is 0 Å². The summed E-state index contributed by atoms with van der Waals surface area (Å²) in [5.41, 5.74) is 0.776. The molecule has 0 bridgehead atoms. The highest BCUT2D eigenvalue weighted by atomic mass is 16.6. The zero-order chi connectivity index (χ0) is 15.1. The Kier molecular flexibility index (Phi) is 6.14. The topological polar surface area (TPSA) is 75.4 Å². The van der Waals surface area contributed by atoms with Gasteiger partial charge in [-0.2, -0.15) is 0 Å². The lowest BCUT2D eigenvalue weighted by Crippen LogP contribution is -2.33. The van der Waals surface area contributed by atoms with E-state index >= 15 is 0 Å². The van der Waals surface area contributed by atoms with Crippen molar-refractivity contribution in [1.29, 1.82) is 0 Å². The van der Waals surface area contributed by atoms with Gasteiger partial charge >= 0.3 is 0 Å². The summed E-state index contributed by atoms with van der Waals surface area (Å²) in [6, 6.07) is 6.62. The van der Waals surface area contributed by atoms with Crippen LogP contribution in [0.25, 0.3) is 0 Å². The first-order valence-corrected chi connectivity index (χ1v) is 7.82.